The molecule has 0 unspecified atom stereocenters. The number of nitrogens with zero attached hydrogens (tertiary/aromatic N) is 4. The van der Waals surface area contributed by atoms with Crippen molar-refractivity contribution in [3.8, 4) is 0 Å². The molecule has 1 fully saturated rings. The second-order valence-corrected chi connectivity index (χ2v) is 7.21. The van der Waals surface area contributed by atoms with Crippen molar-refractivity contribution >= 4 is 11.6 Å². The Morgan fingerprint density at radius 2 is 1.89 bits per heavy atom. The lowest BCUT2D eigenvalue weighted by molar-refractivity contribution is 0.461. The van der Waals surface area contributed by atoms with E-state index < -0.39 is 0 Å². The molecule has 0 atom stereocenters. The minimum atomic E-state index is 0.457. The van der Waals surface area contributed by atoms with E-state index in [0.717, 1.165) is 44.1 Å². The Kier molecular flexibility index (Phi) is 6.37. The monoisotopic (exact) mass is 368 g/mol. The molecule has 1 aromatic carbocycles. The van der Waals surface area contributed by atoms with Crippen molar-refractivity contribution in [2.45, 2.75) is 46.2 Å². The molecule has 1 aromatic heterocycles. The Morgan fingerprint density at radius 3 is 2.48 bits per heavy atom. The molecule has 6 nitrogen and oxygen atoms in total. The summed E-state index contributed by atoms with van der Waals surface area (Å²) in [6.07, 6.45) is 2.23. The van der Waals surface area contributed by atoms with Crippen molar-refractivity contribution in [3.05, 3.63) is 47.3 Å². The van der Waals surface area contributed by atoms with Crippen LogP contribution in [0.1, 0.15) is 36.7 Å². The Morgan fingerprint density at radius 1 is 1.19 bits per heavy atom. The molecule has 27 heavy (non-hydrogen) atoms. The van der Waals surface area contributed by atoms with Crippen molar-refractivity contribution in [2.75, 3.05) is 24.5 Å². The molecular weight excluding hydrogens is 336 g/mol. The highest BCUT2D eigenvalue weighted by atomic mass is 15.3. The lowest BCUT2D eigenvalue weighted by Crippen LogP contribution is -2.48. The maximum atomic E-state index is 4.82. The highest BCUT2D eigenvalue weighted by Crippen LogP contribution is 2.19. The van der Waals surface area contributed by atoms with Crippen molar-refractivity contribution in [1.29, 1.82) is 0 Å². The first-order chi connectivity index (χ1) is 13.1. The molecular formula is C21H32N6. The Labute approximate surface area is 162 Å². The molecule has 2 heterocycles. The van der Waals surface area contributed by atoms with Crippen LogP contribution < -0.4 is 15.5 Å². The van der Waals surface area contributed by atoms with Crippen LogP contribution >= 0.6 is 0 Å². The Hall–Kier alpha value is -2.50. The van der Waals surface area contributed by atoms with E-state index in [1.165, 1.54) is 16.9 Å². The summed E-state index contributed by atoms with van der Waals surface area (Å²) in [6, 6.07) is 11.1. The van der Waals surface area contributed by atoms with E-state index in [2.05, 4.69) is 71.7 Å². The van der Waals surface area contributed by atoms with Crippen molar-refractivity contribution in [1.82, 2.24) is 20.4 Å². The number of aliphatic imine (C=N–C) groups is 1. The topological polar surface area (TPSA) is 57.5 Å². The number of benzene rings is 1. The number of hydrogen-bond acceptors (Lipinski definition) is 3. The average Bonchev–Trinajstić information content (AvgIpc) is 2.93. The van der Waals surface area contributed by atoms with Gasteiger partial charge in [-0.2, -0.15) is 5.10 Å². The zero-order valence-electron chi connectivity index (χ0n) is 17.0. The van der Waals surface area contributed by atoms with Crippen LogP contribution in [0.25, 0.3) is 0 Å². The third-order valence-electron chi connectivity index (χ3n) is 5.36. The molecule has 0 amide bonds. The smallest absolute Gasteiger partial charge is 0.191 e. The molecule has 2 aromatic rings. The number of hydrogen-bond donors (Lipinski definition) is 2. The predicted octanol–water partition coefficient (Wildman–Crippen LogP) is 2.76. The van der Waals surface area contributed by atoms with Crippen LogP contribution in [0, 0.1) is 13.8 Å². The van der Waals surface area contributed by atoms with Crippen LogP contribution in [0.3, 0.4) is 0 Å². The fraction of sp³-hybridized carbons (Fsp3) is 0.524. The summed E-state index contributed by atoms with van der Waals surface area (Å²) in [5.41, 5.74) is 4.78. The van der Waals surface area contributed by atoms with Crippen LogP contribution in [0.4, 0.5) is 5.69 Å². The van der Waals surface area contributed by atoms with Gasteiger partial charge in [0.25, 0.3) is 0 Å². The number of aromatic nitrogens is 2. The first-order valence-corrected chi connectivity index (χ1v) is 9.92. The van der Waals surface area contributed by atoms with Crippen molar-refractivity contribution < 1.29 is 0 Å². The third kappa shape index (κ3) is 4.81. The minimum absolute atomic E-state index is 0.457. The molecule has 1 aliphatic heterocycles. The summed E-state index contributed by atoms with van der Waals surface area (Å²) < 4.78 is 1.93. The number of para-hydroxylation sites is 1. The van der Waals surface area contributed by atoms with Gasteiger partial charge in [0.1, 0.15) is 0 Å². The van der Waals surface area contributed by atoms with Gasteiger partial charge in [-0.25, -0.2) is 4.99 Å². The van der Waals surface area contributed by atoms with E-state index in [0.29, 0.717) is 12.6 Å². The van der Waals surface area contributed by atoms with E-state index in [9.17, 15) is 0 Å². The minimum Gasteiger partial charge on any atom is -0.371 e. The summed E-state index contributed by atoms with van der Waals surface area (Å²) in [5, 5.41) is 11.5. The van der Waals surface area contributed by atoms with E-state index in [1.807, 2.05) is 11.7 Å². The van der Waals surface area contributed by atoms with Crippen LogP contribution in [-0.2, 0) is 13.6 Å². The molecule has 146 valence electrons. The molecule has 2 N–H and O–H groups in total. The second kappa shape index (κ2) is 8.93. The third-order valence-corrected chi connectivity index (χ3v) is 5.36. The molecule has 6 heteroatoms. The molecule has 0 aliphatic carbocycles. The summed E-state index contributed by atoms with van der Waals surface area (Å²) in [7, 11) is 1.99. The van der Waals surface area contributed by atoms with Crippen LogP contribution in [0.5, 0.6) is 0 Å². The summed E-state index contributed by atoms with van der Waals surface area (Å²) in [6.45, 7) is 9.92. The summed E-state index contributed by atoms with van der Waals surface area (Å²) >= 11 is 0. The van der Waals surface area contributed by atoms with Crippen LogP contribution in [0.2, 0.25) is 0 Å². The fourth-order valence-corrected chi connectivity index (χ4v) is 3.64. The van der Waals surface area contributed by atoms with Crippen LogP contribution in [-0.4, -0.2) is 41.4 Å². The average molecular weight is 369 g/mol. The van der Waals surface area contributed by atoms with E-state index >= 15 is 0 Å². The van der Waals surface area contributed by atoms with Crippen molar-refractivity contribution in [3.63, 3.8) is 0 Å². The molecule has 1 aliphatic rings. The molecule has 0 saturated carbocycles. The van der Waals surface area contributed by atoms with E-state index in [1.54, 1.807) is 0 Å². The van der Waals surface area contributed by atoms with Gasteiger partial charge in [0.2, 0.25) is 0 Å². The second-order valence-electron chi connectivity index (χ2n) is 7.21. The quantitative estimate of drug-likeness (QED) is 0.629. The van der Waals surface area contributed by atoms with Gasteiger partial charge in [-0.15, -0.1) is 0 Å². The largest absolute Gasteiger partial charge is 0.371 e. The Bertz CT molecular complexity index is 756. The van der Waals surface area contributed by atoms with E-state index in [-0.39, 0.29) is 0 Å². The normalized spacial score (nSPS) is 15.9. The Balaban J connectivity index is 1.58. The predicted molar refractivity (Wildman–Crippen MR) is 112 cm³/mol. The summed E-state index contributed by atoms with van der Waals surface area (Å²) in [4.78, 5) is 7.28. The molecule has 0 radical (unpaired) electrons. The number of aryl methyl sites for hydroxylation is 2. The number of nitrogens with one attached hydrogen (secondary N) is 2. The van der Waals surface area contributed by atoms with Gasteiger partial charge >= 0.3 is 0 Å². The maximum Gasteiger partial charge on any atom is 0.191 e. The number of guanidine groups is 1. The number of rotatable bonds is 5. The van der Waals surface area contributed by atoms with Gasteiger partial charge in [0.15, 0.2) is 5.96 Å². The lowest BCUT2D eigenvalue weighted by atomic mass is 10.0. The number of piperidine rings is 1. The molecule has 0 spiro atoms. The lowest BCUT2D eigenvalue weighted by Gasteiger charge is -2.34. The first-order valence-electron chi connectivity index (χ1n) is 9.92. The first kappa shape index (κ1) is 19.3. The molecule has 1 saturated heterocycles. The zero-order valence-corrected chi connectivity index (χ0v) is 17.0. The standard InChI is InChI=1S/C21H32N6/c1-5-22-21(23-15-20-16(2)25-26(4)17(20)3)24-18-11-13-27(14-12-18)19-9-7-6-8-10-19/h6-10,18H,5,11-15H2,1-4H3,(H2,22,23,24). The molecule has 3 rings (SSSR count). The van der Waals surface area contributed by atoms with Gasteiger partial charge < -0.3 is 15.5 Å². The highest BCUT2D eigenvalue weighted by Gasteiger charge is 2.20. The zero-order chi connectivity index (χ0) is 19.2. The van der Waals surface area contributed by atoms with E-state index in [4.69, 9.17) is 4.99 Å². The van der Waals surface area contributed by atoms with Gasteiger partial charge in [-0.1, -0.05) is 18.2 Å². The van der Waals surface area contributed by atoms with Crippen LogP contribution in [0.15, 0.2) is 35.3 Å². The number of anilines is 1. The maximum absolute atomic E-state index is 4.82. The van der Waals surface area contributed by atoms with Gasteiger partial charge in [-0.05, 0) is 45.7 Å². The van der Waals surface area contributed by atoms with Crippen molar-refractivity contribution in [2.24, 2.45) is 12.0 Å². The van der Waals surface area contributed by atoms with Gasteiger partial charge in [0, 0.05) is 49.7 Å². The summed E-state index contributed by atoms with van der Waals surface area (Å²) in [5.74, 6) is 0.901. The SMILES string of the molecule is CCNC(=NCc1c(C)nn(C)c1C)NC1CCN(c2ccccc2)CC1. The fourth-order valence-electron chi connectivity index (χ4n) is 3.64. The molecule has 0 bridgehead atoms. The van der Waals surface area contributed by atoms with Gasteiger partial charge in [0.05, 0.1) is 12.2 Å². The van der Waals surface area contributed by atoms with Gasteiger partial charge in [-0.3, -0.25) is 4.68 Å². The highest BCUT2D eigenvalue weighted by molar-refractivity contribution is 5.80.